The van der Waals surface area contributed by atoms with Crippen LogP contribution in [0.25, 0.3) is 11.3 Å². The number of nitrogens with one attached hydrogen (secondary N) is 1. The Morgan fingerprint density at radius 1 is 1.32 bits per heavy atom. The number of hydrogen-bond acceptors (Lipinski definition) is 5. The molecule has 2 aromatic heterocycles. The Kier molecular flexibility index (Phi) is 3.82. The lowest BCUT2D eigenvalue weighted by molar-refractivity contribution is 0.529. The molecule has 0 atom stereocenters. The first-order chi connectivity index (χ1) is 10.6. The van der Waals surface area contributed by atoms with Crippen molar-refractivity contribution >= 4 is 23.8 Å². The summed E-state index contributed by atoms with van der Waals surface area (Å²) >= 11 is 11.0. The highest BCUT2D eigenvalue weighted by Gasteiger charge is 2.12. The predicted octanol–water partition coefficient (Wildman–Crippen LogP) is 2.52. The van der Waals surface area contributed by atoms with E-state index in [2.05, 4.69) is 10.2 Å². The maximum Gasteiger partial charge on any atom is 0.295 e. The Balaban J connectivity index is 1.93. The molecule has 3 rings (SSSR count). The molecule has 0 unspecified atom stereocenters. The van der Waals surface area contributed by atoms with Crippen LogP contribution < -0.4 is 11.4 Å². The van der Waals surface area contributed by atoms with Gasteiger partial charge in [-0.05, 0) is 36.5 Å². The number of H-pyrrole nitrogens is 1. The van der Waals surface area contributed by atoms with Crippen molar-refractivity contribution in [2.45, 2.75) is 6.42 Å². The largest absolute Gasteiger partial charge is 0.461 e. The van der Waals surface area contributed by atoms with Crippen LogP contribution in [0.2, 0.25) is 5.02 Å². The molecule has 0 bridgehead atoms. The second-order valence-electron chi connectivity index (χ2n) is 4.57. The van der Waals surface area contributed by atoms with Crippen molar-refractivity contribution in [3.8, 4) is 11.3 Å². The van der Waals surface area contributed by atoms with Crippen molar-refractivity contribution in [2.24, 2.45) is 0 Å². The molecule has 2 heterocycles. The third-order valence-electron chi connectivity index (χ3n) is 3.11. The third-order valence-corrected chi connectivity index (χ3v) is 3.73. The molecule has 0 saturated heterocycles. The Bertz CT molecular complexity index is 944. The molecule has 22 heavy (non-hydrogen) atoms. The zero-order valence-corrected chi connectivity index (χ0v) is 12.8. The number of hydrogen-bond donors (Lipinski definition) is 2. The van der Waals surface area contributed by atoms with Gasteiger partial charge in [0.05, 0.1) is 11.4 Å². The van der Waals surface area contributed by atoms with Crippen LogP contribution in [0.4, 0.5) is 0 Å². The molecule has 3 aromatic rings. The minimum absolute atomic E-state index is 0.0601. The van der Waals surface area contributed by atoms with Gasteiger partial charge in [-0.25, -0.2) is 0 Å². The highest BCUT2D eigenvalue weighted by molar-refractivity contribution is 7.71. The number of furan rings is 1. The summed E-state index contributed by atoms with van der Waals surface area (Å²) in [6, 6.07) is 10.9. The first-order valence-corrected chi connectivity index (χ1v) is 7.14. The van der Waals surface area contributed by atoms with Gasteiger partial charge in [-0.1, -0.05) is 23.7 Å². The fourth-order valence-corrected chi connectivity index (χ4v) is 2.36. The van der Waals surface area contributed by atoms with E-state index in [-0.39, 0.29) is 16.9 Å². The van der Waals surface area contributed by atoms with E-state index in [0.717, 1.165) is 10.2 Å². The van der Waals surface area contributed by atoms with Gasteiger partial charge >= 0.3 is 0 Å². The molecule has 0 aliphatic heterocycles. The van der Waals surface area contributed by atoms with Gasteiger partial charge in [0.25, 0.3) is 5.56 Å². The Morgan fingerprint density at radius 3 is 2.86 bits per heavy atom. The minimum Gasteiger partial charge on any atom is -0.461 e. The van der Waals surface area contributed by atoms with Crippen LogP contribution in [0, 0.1) is 4.77 Å². The quantitative estimate of drug-likeness (QED) is 0.567. The minimum atomic E-state index is -0.459. The lowest BCUT2D eigenvalue weighted by Crippen LogP contribution is -2.32. The molecular weight excluding hydrogens is 324 g/mol. The SMILES string of the molecule is Nn1c(=S)[nH]nc(Cc2ccc(-c3ccccc3Cl)o2)c1=O. The second kappa shape index (κ2) is 5.78. The fourth-order valence-electron chi connectivity index (χ4n) is 2.01. The number of halogens is 1. The van der Waals surface area contributed by atoms with Gasteiger partial charge in [0.15, 0.2) is 0 Å². The summed E-state index contributed by atoms with van der Waals surface area (Å²) < 4.78 is 6.63. The molecule has 0 amide bonds. The number of aromatic amines is 1. The summed E-state index contributed by atoms with van der Waals surface area (Å²) in [5.74, 6) is 6.73. The average Bonchev–Trinajstić information content (AvgIpc) is 2.97. The zero-order valence-electron chi connectivity index (χ0n) is 11.2. The van der Waals surface area contributed by atoms with Crippen LogP contribution in [0.15, 0.2) is 45.6 Å². The second-order valence-corrected chi connectivity index (χ2v) is 5.37. The van der Waals surface area contributed by atoms with E-state index in [1.165, 1.54) is 0 Å². The molecule has 8 heteroatoms. The molecule has 0 fully saturated rings. The van der Waals surface area contributed by atoms with Crippen LogP contribution in [0.5, 0.6) is 0 Å². The van der Waals surface area contributed by atoms with Crippen LogP contribution in [0.1, 0.15) is 11.5 Å². The lowest BCUT2D eigenvalue weighted by atomic mass is 10.2. The van der Waals surface area contributed by atoms with Crippen molar-refractivity contribution in [1.29, 1.82) is 0 Å². The summed E-state index contributed by atoms with van der Waals surface area (Å²) in [5.41, 5.74) is 0.544. The van der Waals surface area contributed by atoms with Crippen molar-refractivity contribution in [3.05, 3.63) is 68.0 Å². The summed E-state index contributed by atoms with van der Waals surface area (Å²) in [6.07, 6.45) is 0.201. The zero-order chi connectivity index (χ0) is 15.7. The number of nitrogens with zero attached hydrogens (tertiary/aromatic N) is 2. The molecule has 1 aromatic carbocycles. The Morgan fingerprint density at radius 2 is 2.09 bits per heavy atom. The van der Waals surface area contributed by atoms with Crippen LogP contribution in [-0.4, -0.2) is 14.9 Å². The first-order valence-electron chi connectivity index (χ1n) is 6.35. The highest BCUT2D eigenvalue weighted by atomic mass is 35.5. The number of nitrogens with two attached hydrogens (primary N) is 1. The first kappa shape index (κ1) is 14.6. The molecule has 3 N–H and O–H groups in total. The summed E-state index contributed by atoms with van der Waals surface area (Å²) in [4.78, 5) is 12.0. The predicted molar refractivity (Wildman–Crippen MR) is 85.8 cm³/mol. The van der Waals surface area contributed by atoms with Crippen LogP contribution in [-0.2, 0) is 6.42 Å². The number of benzene rings is 1. The van der Waals surface area contributed by atoms with E-state index in [4.69, 9.17) is 34.1 Å². The van der Waals surface area contributed by atoms with E-state index < -0.39 is 5.56 Å². The number of aromatic nitrogens is 3. The van der Waals surface area contributed by atoms with E-state index in [0.29, 0.717) is 16.5 Å². The van der Waals surface area contributed by atoms with Crippen molar-refractivity contribution in [2.75, 3.05) is 5.84 Å². The smallest absolute Gasteiger partial charge is 0.295 e. The number of rotatable bonds is 3. The van der Waals surface area contributed by atoms with Crippen LogP contribution >= 0.6 is 23.8 Å². The van der Waals surface area contributed by atoms with E-state index in [1.54, 1.807) is 18.2 Å². The monoisotopic (exact) mass is 334 g/mol. The molecule has 112 valence electrons. The molecule has 0 radical (unpaired) electrons. The maximum atomic E-state index is 12.0. The van der Waals surface area contributed by atoms with Gasteiger partial charge in [-0.2, -0.15) is 9.77 Å². The van der Waals surface area contributed by atoms with Crippen molar-refractivity contribution < 1.29 is 4.42 Å². The summed E-state index contributed by atoms with van der Waals surface area (Å²) in [6.45, 7) is 0. The molecular formula is C14H11ClN4O2S. The Labute approximate surface area is 135 Å². The fraction of sp³-hybridized carbons (Fsp3) is 0.0714. The molecule has 0 spiro atoms. The van der Waals surface area contributed by atoms with E-state index >= 15 is 0 Å². The lowest BCUT2D eigenvalue weighted by Gasteiger charge is -2.01. The van der Waals surface area contributed by atoms with Gasteiger partial charge in [-0.15, -0.1) is 0 Å². The Hall–Kier alpha value is -2.38. The standard InChI is InChI=1S/C14H11ClN4O2S/c15-10-4-2-1-3-9(10)12-6-5-8(21-12)7-11-13(20)19(16)14(22)18-17-11/h1-6H,7,16H2,(H,18,22). The van der Waals surface area contributed by atoms with E-state index in [1.807, 2.05) is 18.2 Å². The van der Waals surface area contributed by atoms with Gasteiger partial charge in [0.2, 0.25) is 4.77 Å². The molecule has 6 nitrogen and oxygen atoms in total. The molecule has 0 saturated carbocycles. The molecule has 0 aliphatic carbocycles. The van der Waals surface area contributed by atoms with Gasteiger partial charge in [-0.3, -0.25) is 9.89 Å². The topological polar surface area (TPSA) is 89.8 Å². The van der Waals surface area contributed by atoms with E-state index in [9.17, 15) is 4.79 Å². The van der Waals surface area contributed by atoms with Gasteiger partial charge < -0.3 is 10.3 Å². The van der Waals surface area contributed by atoms with Gasteiger partial charge in [0, 0.05) is 5.56 Å². The van der Waals surface area contributed by atoms with Crippen molar-refractivity contribution in [1.82, 2.24) is 14.9 Å². The number of nitrogen functional groups attached to an aromatic ring is 1. The average molecular weight is 335 g/mol. The normalized spacial score (nSPS) is 10.8. The summed E-state index contributed by atoms with van der Waals surface area (Å²) in [7, 11) is 0. The maximum absolute atomic E-state index is 12.0. The van der Waals surface area contributed by atoms with Crippen molar-refractivity contribution in [3.63, 3.8) is 0 Å². The van der Waals surface area contributed by atoms with Crippen LogP contribution in [0.3, 0.4) is 0 Å². The highest BCUT2D eigenvalue weighted by Crippen LogP contribution is 2.29. The van der Waals surface area contributed by atoms with Gasteiger partial charge in [0.1, 0.15) is 17.2 Å². The third kappa shape index (κ3) is 2.68. The summed E-state index contributed by atoms with van der Waals surface area (Å²) in [5, 5.41) is 7.01. The molecule has 0 aliphatic rings.